The molecule has 0 spiro atoms. The number of nitrogens with two attached hydrogens (primary N) is 1. The molecule has 0 aromatic carbocycles. The number of hydrogen-bond acceptors (Lipinski definition) is 1. The maximum Gasteiger partial charge on any atom is 0.0197 e. The van der Waals surface area contributed by atoms with Crippen LogP contribution in [0.5, 0.6) is 0 Å². The Labute approximate surface area is 114 Å². The smallest absolute Gasteiger partial charge is 0.0197 e. The van der Waals surface area contributed by atoms with Crippen molar-refractivity contribution in [3.8, 4) is 0 Å². The molecule has 0 aromatic heterocycles. The van der Waals surface area contributed by atoms with E-state index in [-0.39, 0.29) is 18.4 Å². The van der Waals surface area contributed by atoms with E-state index in [2.05, 4.69) is 40.7 Å². The Morgan fingerprint density at radius 3 is 2.18 bits per heavy atom. The molecule has 0 saturated heterocycles. The van der Waals surface area contributed by atoms with E-state index in [1.54, 1.807) is 5.57 Å². The molecule has 1 unspecified atom stereocenters. The zero-order valence-electron chi connectivity index (χ0n) is 12.2. The lowest BCUT2D eigenvalue weighted by molar-refractivity contribution is 0.108. The van der Waals surface area contributed by atoms with E-state index in [0.717, 1.165) is 0 Å². The molecule has 0 radical (unpaired) electrons. The molecule has 2 N–H and O–H groups in total. The van der Waals surface area contributed by atoms with Crippen LogP contribution >= 0.6 is 12.4 Å². The third-order valence-electron chi connectivity index (χ3n) is 4.16. The van der Waals surface area contributed by atoms with Crippen LogP contribution in [0.15, 0.2) is 11.6 Å². The summed E-state index contributed by atoms with van der Waals surface area (Å²) in [5, 5.41) is 0. The van der Waals surface area contributed by atoms with Gasteiger partial charge in [-0.3, -0.25) is 0 Å². The number of allylic oxidation sites excluding steroid dienone is 1. The topological polar surface area (TPSA) is 26.0 Å². The van der Waals surface area contributed by atoms with Crippen molar-refractivity contribution in [2.45, 2.75) is 72.8 Å². The average Bonchev–Trinajstić information content (AvgIpc) is 2.14. The summed E-state index contributed by atoms with van der Waals surface area (Å²) in [6.07, 6.45) is 8.75. The number of halogens is 1. The Hall–Kier alpha value is -0.0100. The van der Waals surface area contributed by atoms with Gasteiger partial charge >= 0.3 is 0 Å². The van der Waals surface area contributed by atoms with Gasteiger partial charge in [-0.1, -0.05) is 52.2 Å². The van der Waals surface area contributed by atoms with E-state index in [0.29, 0.717) is 10.8 Å². The molecule has 102 valence electrons. The van der Waals surface area contributed by atoms with Crippen molar-refractivity contribution >= 4 is 12.4 Å². The van der Waals surface area contributed by atoms with Crippen molar-refractivity contribution in [2.24, 2.45) is 16.6 Å². The SMILES string of the molecule is CCC1(CC)C/C(=C\C(C)N)CC(C)(C)C1.Cl. The maximum absolute atomic E-state index is 5.91. The van der Waals surface area contributed by atoms with Crippen molar-refractivity contribution in [3.05, 3.63) is 11.6 Å². The van der Waals surface area contributed by atoms with Gasteiger partial charge < -0.3 is 5.73 Å². The summed E-state index contributed by atoms with van der Waals surface area (Å²) in [6.45, 7) is 11.6. The minimum atomic E-state index is 0. The minimum Gasteiger partial charge on any atom is -0.325 e. The second kappa shape index (κ2) is 6.24. The summed E-state index contributed by atoms with van der Waals surface area (Å²) < 4.78 is 0. The molecule has 0 bridgehead atoms. The Kier molecular flexibility index (Phi) is 6.24. The molecular formula is C15H30ClN. The van der Waals surface area contributed by atoms with E-state index in [1.165, 1.54) is 32.1 Å². The van der Waals surface area contributed by atoms with Crippen LogP contribution in [0.25, 0.3) is 0 Å². The predicted octanol–water partition coefficient (Wildman–Crippen LogP) is 4.70. The van der Waals surface area contributed by atoms with E-state index < -0.39 is 0 Å². The highest BCUT2D eigenvalue weighted by Crippen LogP contribution is 2.51. The van der Waals surface area contributed by atoms with Crippen molar-refractivity contribution in [3.63, 3.8) is 0 Å². The second-order valence-electron chi connectivity index (χ2n) is 6.59. The lowest BCUT2D eigenvalue weighted by Crippen LogP contribution is -2.34. The van der Waals surface area contributed by atoms with Crippen LogP contribution in [-0.2, 0) is 0 Å². The Balaban J connectivity index is 0.00000256. The van der Waals surface area contributed by atoms with E-state index >= 15 is 0 Å². The molecule has 1 rings (SSSR count). The molecule has 1 nitrogen and oxygen atoms in total. The molecule has 17 heavy (non-hydrogen) atoms. The quantitative estimate of drug-likeness (QED) is 0.731. The third kappa shape index (κ3) is 4.63. The van der Waals surface area contributed by atoms with Crippen LogP contribution in [0, 0.1) is 10.8 Å². The van der Waals surface area contributed by atoms with Crippen LogP contribution in [0.3, 0.4) is 0 Å². The number of hydrogen-bond donors (Lipinski definition) is 1. The van der Waals surface area contributed by atoms with Crippen LogP contribution in [0.4, 0.5) is 0 Å². The number of rotatable bonds is 3. The molecule has 1 aliphatic carbocycles. The van der Waals surface area contributed by atoms with Gasteiger partial charge in [0.2, 0.25) is 0 Å². The van der Waals surface area contributed by atoms with Crippen LogP contribution in [-0.4, -0.2) is 6.04 Å². The lowest BCUT2D eigenvalue weighted by Gasteiger charge is -2.46. The Morgan fingerprint density at radius 2 is 1.76 bits per heavy atom. The third-order valence-corrected chi connectivity index (χ3v) is 4.16. The summed E-state index contributed by atoms with van der Waals surface area (Å²) in [5.41, 5.74) is 8.48. The lowest BCUT2D eigenvalue weighted by atomic mass is 9.59. The molecule has 0 amide bonds. The Morgan fingerprint density at radius 1 is 1.24 bits per heavy atom. The Bertz CT molecular complexity index is 262. The first-order valence-electron chi connectivity index (χ1n) is 6.78. The standard InChI is InChI=1S/C15H29N.ClH/c1-6-15(7-2)10-13(8-12(3)16)9-14(4,5)11-15;/h8,12H,6-7,9-11,16H2,1-5H3;1H/b13-8-;. The monoisotopic (exact) mass is 259 g/mol. The molecule has 0 aromatic rings. The fraction of sp³-hybridized carbons (Fsp3) is 0.867. The van der Waals surface area contributed by atoms with Gasteiger partial charge in [0.15, 0.2) is 0 Å². The molecule has 2 heteroatoms. The molecule has 1 saturated carbocycles. The van der Waals surface area contributed by atoms with Crippen LogP contribution in [0.1, 0.15) is 66.7 Å². The first kappa shape index (κ1) is 17.0. The van der Waals surface area contributed by atoms with Gasteiger partial charge in [0.05, 0.1) is 0 Å². The fourth-order valence-corrected chi connectivity index (χ4v) is 3.54. The van der Waals surface area contributed by atoms with E-state index in [9.17, 15) is 0 Å². The van der Waals surface area contributed by atoms with Gasteiger partial charge in [-0.05, 0) is 37.0 Å². The summed E-state index contributed by atoms with van der Waals surface area (Å²) in [6, 6.07) is 0.204. The van der Waals surface area contributed by atoms with Gasteiger partial charge in [-0.15, -0.1) is 12.4 Å². The zero-order valence-corrected chi connectivity index (χ0v) is 13.0. The molecule has 1 aliphatic rings. The second-order valence-corrected chi connectivity index (χ2v) is 6.59. The zero-order chi connectivity index (χ0) is 12.4. The summed E-state index contributed by atoms with van der Waals surface area (Å²) in [5.74, 6) is 0. The van der Waals surface area contributed by atoms with Gasteiger partial charge in [0.1, 0.15) is 0 Å². The van der Waals surface area contributed by atoms with Crippen molar-refractivity contribution in [2.75, 3.05) is 0 Å². The van der Waals surface area contributed by atoms with Gasteiger partial charge in [0, 0.05) is 6.04 Å². The average molecular weight is 260 g/mol. The minimum absolute atomic E-state index is 0. The molecule has 0 heterocycles. The first-order valence-corrected chi connectivity index (χ1v) is 6.78. The van der Waals surface area contributed by atoms with Crippen molar-refractivity contribution < 1.29 is 0 Å². The van der Waals surface area contributed by atoms with Gasteiger partial charge in [-0.2, -0.15) is 0 Å². The van der Waals surface area contributed by atoms with Gasteiger partial charge in [-0.25, -0.2) is 0 Å². The molecule has 1 atom stereocenters. The van der Waals surface area contributed by atoms with Crippen molar-refractivity contribution in [1.82, 2.24) is 0 Å². The highest BCUT2D eigenvalue weighted by molar-refractivity contribution is 5.85. The van der Waals surface area contributed by atoms with E-state index in [4.69, 9.17) is 5.73 Å². The summed E-state index contributed by atoms with van der Waals surface area (Å²) >= 11 is 0. The highest BCUT2D eigenvalue weighted by Gasteiger charge is 2.39. The molecular weight excluding hydrogens is 230 g/mol. The normalized spacial score (nSPS) is 26.4. The fourth-order valence-electron chi connectivity index (χ4n) is 3.54. The van der Waals surface area contributed by atoms with Crippen LogP contribution in [0.2, 0.25) is 0 Å². The summed E-state index contributed by atoms with van der Waals surface area (Å²) in [4.78, 5) is 0. The van der Waals surface area contributed by atoms with Crippen molar-refractivity contribution in [1.29, 1.82) is 0 Å². The highest BCUT2D eigenvalue weighted by atomic mass is 35.5. The summed E-state index contributed by atoms with van der Waals surface area (Å²) in [7, 11) is 0. The van der Waals surface area contributed by atoms with Gasteiger partial charge in [0.25, 0.3) is 0 Å². The predicted molar refractivity (Wildman–Crippen MR) is 79.6 cm³/mol. The maximum atomic E-state index is 5.91. The first-order chi connectivity index (χ1) is 7.32. The largest absolute Gasteiger partial charge is 0.325 e. The van der Waals surface area contributed by atoms with E-state index in [1.807, 2.05) is 0 Å². The molecule has 1 fully saturated rings. The molecule has 0 aliphatic heterocycles. The van der Waals surface area contributed by atoms with Crippen LogP contribution < -0.4 is 5.73 Å².